The number of hydrogen-bond donors (Lipinski definition) is 4. The van der Waals surface area contributed by atoms with E-state index in [4.69, 9.17) is 35.3 Å². The highest BCUT2D eigenvalue weighted by atomic mass is 16.5. The fourth-order valence-electron chi connectivity index (χ4n) is 4.24. The van der Waals surface area contributed by atoms with Gasteiger partial charge in [-0.3, -0.25) is 15.2 Å². The average Bonchev–Trinajstić information content (AvgIpc) is 3.02. The first kappa shape index (κ1) is 28.0. The summed E-state index contributed by atoms with van der Waals surface area (Å²) in [7, 11) is 3.18. The third-order valence-corrected chi connectivity index (χ3v) is 6.36. The zero-order valence-corrected chi connectivity index (χ0v) is 23.1. The minimum absolute atomic E-state index is 0.274. The molecule has 212 valence electrons. The van der Waals surface area contributed by atoms with E-state index in [0.717, 1.165) is 5.69 Å². The summed E-state index contributed by atoms with van der Waals surface area (Å²) >= 11 is 0. The summed E-state index contributed by atoms with van der Waals surface area (Å²) in [5.74, 6) is 1.71. The van der Waals surface area contributed by atoms with Crippen LogP contribution in [0.3, 0.4) is 0 Å². The van der Waals surface area contributed by atoms with Crippen LogP contribution in [0.25, 0.3) is 22.3 Å². The number of hydrogen-bond acceptors (Lipinski definition) is 9. The van der Waals surface area contributed by atoms with Gasteiger partial charge in [-0.25, -0.2) is 9.97 Å². The van der Waals surface area contributed by atoms with E-state index < -0.39 is 0 Å². The summed E-state index contributed by atoms with van der Waals surface area (Å²) in [4.78, 5) is 26.5. The number of amides is 1. The van der Waals surface area contributed by atoms with Gasteiger partial charge < -0.3 is 30.6 Å². The number of anilines is 4. The third kappa shape index (κ3) is 6.26. The Kier molecular flexibility index (Phi) is 8.50. The molecule has 5 aromatic rings. The summed E-state index contributed by atoms with van der Waals surface area (Å²) in [6.07, 6.45) is 4.57. The quantitative estimate of drug-likeness (QED) is 0.107. The lowest BCUT2D eigenvalue weighted by molar-refractivity contribution is -0.104. The van der Waals surface area contributed by atoms with Crippen molar-refractivity contribution in [1.82, 2.24) is 15.0 Å². The van der Waals surface area contributed by atoms with Crippen LogP contribution in [0, 0.1) is 0 Å². The Hall–Kier alpha value is -5.55. The van der Waals surface area contributed by atoms with Gasteiger partial charge in [0, 0.05) is 53.6 Å². The first-order valence-electron chi connectivity index (χ1n) is 13.0. The van der Waals surface area contributed by atoms with Gasteiger partial charge in [-0.2, -0.15) is 0 Å². The number of methoxy groups -OCH3 is 2. The normalized spacial score (nSPS) is 10.7. The van der Waals surface area contributed by atoms with Crippen molar-refractivity contribution in [3.05, 3.63) is 90.3 Å². The highest BCUT2D eigenvalue weighted by Crippen LogP contribution is 2.37. The molecule has 0 spiro atoms. The van der Waals surface area contributed by atoms with Gasteiger partial charge in [0.1, 0.15) is 12.4 Å². The Labute approximate surface area is 242 Å². The summed E-state index contributed by atoms with van der Waals surface area (Å²) in [6, 6.07) is 19.8. The van der Waals surface area contributed by atoms with Crippen molar-refractivity contribution in [2.45, 2.75) is 0 Å². The predicted octanol–water partition coefficient (Wildman–Crippen LogP) is 3.48. The van der Waals surface area contributed by atoms with Gasteiger partial charge in [0.25, 0.3) is 5.91 Å². The zero-order chi connectivity index (χ0) is 29.5. The van der Waals surface area contributed by atoms with Crippen molar-refractivity contribution < 1.29 is 24.4 Å². The molecule has 0 bridgehead atoms. The predicted molar refractivity (Wildman–Crippen MR) is 162 cm³/mol. The maximum Gasteiger partial charge on any atom is 0.257 e. The van der Waals surface area contributed by atoms with Gasteiger partial charge in [-0.15, -0.1) is 0 Å². The Morgan fingerprint density at radius 1 is 0.976 bits per heavy atom. The highest BCUT2D eigenvalue weighted by molar-refractivity contribution is 6.04. The Morgan fingerprint density at radius 2 is 1.86 bits per heavy atom. The summed E-state index contributed by atoms with van der Waals surface area (Å²) in [5.41, 5.74) is 10.3. The van der Waals surface area contributed by atoms with Crippen molar-refractivity contribution in [3.8, 4) is 22.9 Å². The number of aromatic nitrogens is 3. The fraction of sp³-hybridized carbons (Fsp3) is 0.129. The van der Waals surface area contributed by atoms with E-state index >= 15 is 0 Å². The maximum atomic E-state index is 12.7. The molecular formula is C31H30N7O4+. The molecule has 0 atom stereocenters. The van der Waals surface area contributed by atoms with Gasteiger partial charge in [0.15, 0.2) is 23.5 Å². The minimum Gasteiger partial charge on any atom is -0.493 e. The number of nitrogens with one attached hydrogen (secondary N) is 2. The molecule has 6 N–H and O–H groups in total. The molecule has 0 unspecified atom stereocenters. The van der Waals surface area contributed by atoms with Crippen molar-refractivity contribution >= 4 is 45.9 Å². The van der Waals surface area contributed by atoms with E-state index in [1.807, 2.05) is 36.4 Å². The number of rotatable bonds is 11. The Morgan fingerprint density at radius 3 is 2.62 bits per heavy atom. The lowest BCUT2D eigenvalue weighted by atomic mass is 10.1. The van der Waals surface area contributed by atoms with E-state index in [-0.39, 0.29) is 5.91 Å². The highest BCUT2D eigenvalue weighted by Gasteiger charge is 2.16. The van der Waals surface area contributed by atoms with Crippen LogP contribution >= 0.6 is 0 Å². The first-order valence-corrected chi connectivity index (χ1v) is 13.0. The zero-order valence-electron chi connectivity index (χ0n) is 23.1. The average molecular weight is 565 g/mol. The molecule has 0 fully saturated rings. The number of ether oxygens (including phenoxy) is 3. The number of nitrogens with zero attached hydrogens (tertiary/aromatic N) is 3. The molecule has 0 aliphatic heterocycles. The topological polar surface area (TPSA) is 159 Å². The largest absolute Gasteiger partial charge is 0.493 e. The van der Waals surface area contributed by atoms with Crippen LogP contribution in [-0.2, 0) is 4.74 Å². The van der Waals surface area contributed by atoms with Crippen molar-refractivity contribution in [1.29, 1.82) is 0 Å². The molecule has 0 saturated heterocycles. The van der Waals surface area contributed by atoms with Gasteiger partial charge in [0.05, 0.1) is 30.4 Å². The van der Waals surface area contributed by atoms with Crippen LogP contribution in [0.5, 0.6) is 11.5 Å². The molecule has 2 heterocycles. The Bertz CT molecular complexity index is 1750. The van der Waals surface area contributed by atoms with Gasteiger partial charge in [-0.05, 0) is 48.5 Å². The molecular weight excluding hydrogens is 534 g/mol. The Balaban J connectivity index is 1.58. The van der Waals surface area contributed by atoms with Gasteiger partial charge in [0.2, 0.25) is 0 Å². The lowest BCUT2D eigenvalue weighted by Gasteiger charge is -2.16. The van der Waals surface area contributed by atoms with Crippen LogP contribution in [0.15, 0.2) is 79.1 Å². The van der Waals surface area contributed by atoms with E-state index in [9.17, 15) is 4.79 Å². The number of pyridine rings is 1. The molecule has 11 heteroatoms. The molecule has 0 radical (unpaired) electrons. The van der Waals surface area contributed by atoms with Crippen LogP contribution in [-0.4, -0.2) is 54.5 Å². The summed E-state index contributed by atoms with van der Waals surface area (Å²) < 4.78 is 16.7. The second kappa shape index (κ2) is 12.7. The van der Waals surface area contributed by atoms with Crippen LogP contribution in [0.2, 0.25) is 0 Å². The van der Waals surface area contributed by atoms with E-state index in [1.54, 1.807) is 50.7 Å². The summed E-state index contributed by atoms with van der Waals surface area (Å²) in [5, 5.41) is 12.7. The minimum atomic E-state index is -0.274. The molecule has 5 rings (SSSR count). The van der Waals surface area contributed by atoms with Crippen molar-refractivity contribution in [2.75, 3.05) is 43.8 Å². The SMILES string of the molecule is COCCOc1cc2c(Nc3ccc(N)c(C=[NH2+])c3)nc(-c3cccc(NC(=O)c4cccnc4)c3)nc2cc1OC. The number of nitrogen functional groups attached to an aromatic ring is 1. The number of benzene rings is 3. The number of fused-ring (bicyclic) bond motifs is 1. The molecule has 0 aliphatic carbocycles. The van der Waals surface area contributed by atoms with Crippen molar-refractivity contribution in [3.63, 3.8) is 0 Å². The second-order valence-electron chi connectivity index (χ2n) is 9.17. The number of carbonyl (C=O) groups is 1. The fourth-order valence-corrected chi connectivity index (χ4v) is 4.24. The van der Waals surface area contributed by atoms with E-state index in [1.165, 1.54) is 12.4 Å². The van der Waals surface area contributed by atoms with Gasteiger partial charge >= 0.3 is 0 Å². The third-order valence-electron chi connectivity index (χ3n) is 6.36. The van der Waals surface area contributed by atoms with E-state index in [2.05, 4.69) is 15.6 Å². The number of nitrogens with two attached hydrogens (primary N) is 2. The van der Waals surface area contributed by atoms with Gasteiger partial charge in [-0.1, -0.05) is 12.1 Å². The van der Waals surface area contributed by atoms with Crippen LogP contribution < -0.4 is 31.3 Å². The second-order valence-corrected chi connectivity index (χ2v) is 9.17. The smallest absolute Gasteiger partial charge is 0.257 e. The molecule has 0 aliphatic rings. The molecule has 3 aromatic carbocycles. The summed E-state index contributed by atoms with van der Waals surface area (Å²) in [6.45, 7) is 0.754. The molecule has 2 aromatic heterocycles. The van der Waals surface area contributed by atoms with Crippen LogP contribution in [0.4, 0.5) is 22.9 Å². The molecule has 42 heavy (non-hydrogen) atoms. The van der Waals surface area contributed by atoms with Crippen molar-refractivity contribution in [2.24, 2.45) is 0 Å². The molecule has 0 saturated carbocycles. The lowest BCUT2D eigenvalue weighted by Crippen LogP contribution is -2.30. The first-order chi connectivity index (χ1) is 20.5. The molecule has 11 nitrogen and oxygen atoms in total. The maximum absolute atomic E-state index is 12.7. The van der Waals surface area contributed by atoms with E-state index in [0.29, 0.717) is 75.3 Å². The van der Waals surface area contributed by atoms with Crippen LogP contribution in [0.1, 0.15) is 15.9 Å². The molecule has 1 amide bonds. The number of carbonyl (C=O) groups excluding carboxylic acids is 1. The monoisotopic (exact) mass is 564 g/mol. The standard InChI is InChI=1S/C31H29N7O4/c1-40-11-12-42-28-15-24-26(16-27(28)41-2)37-29(38-30(24)35-23-8-9-25(33)21(14-23)17-32)19-5-3-7-22(13-19)36-31(39)20-6-4-10-34-18-20/h3-10,13-18,32H,11-12,33H2,1-2H3,(H,36,39)(H,35,37,38)/p+1.